The van der Waals surface area contributed by atoms with E-state index < -0.39 is 0 Å². The van der Waals surface area contributed by atoms with Gasteiger partial charge in [-0.1, -0.05) is 324 Å². The minimum absolute atomic E-state index is 0.272. The number of rotatable bonds is 60. The van der Waals surface area contributed by atoms with Crippen LogP contribution in [-0.4, -0.2) is 109 Å². The Labute approximate surface area is 471 Å². The van der Waals surface area contributed by atoms with Crippen LogP contribution in [0.3, 0.4) is 0 Å². The number of hydrogen-bond donors (Lipinski definition) is 0. The molecule has 2 amide bonds. The summed E-state index contributed by atoms with van der Waals surface area (Å²) >= 11 is 0. The van der Waals surface area contributed by atoms with Crippen LogP contribution in [0.1, 0.15) is 356 Å². The molecule has 0 N–H and O–H groups in total. The van der Waals surface area contributed by atoms with Crippen molar-refractivity contribution >= 4 is 11.8 Å². The summed E-state index contributed by atoms with van der Waals surface area (Å²) < 4.78 is 0. The van der Waals surface area contributed by atoms with E-state index in [-0.39, 0.29) is 11.8 Å². The van der Waals surface area contributed by atoms with Crippen LogP contribution in [0.2, 0.25) is 0 Å². The summed E-state index contributed by atoms with van der Waals surface area (Å²) in [5.41, 5.74) is 0. The van der Waals surface area contributed by atoms with E-state index in [9.17, 15) is 9.59 Å². The smallest absolute Gasteiger partial charge is 0.238 e. The first kappa shape index (κ1) is 71.8. The van der Waals surface area contributed by atoms with Gasteiger partial charge in [-0.05, 0) is 45.2 Å². The number of piperazine rings is 1. The van der Waals surface area contributed by atoms with Gasteiger partial charge in [0, 0.05) is 45.8 Å². The van der Waals surface area contributed by atoms with Crippen molar-refractivity contribution in [3.05, 3.63) is 0 Å². The fourth-order valence-corrected chi connectivity index (χ4v) is 11.7. The van der Waals surface area contributed by atoms with E-state index in [1.165, 1.54) is 321 Å². The molecule has 1 aliphatic rings. The third-order valence-electron chi connectivity index (χ3n) is 17.0. The van der Waals surface area contributed by atoms with Gasteiger partial charge < -0.3 is 9.80 Å². The molecule has 0 bridgehead atoms. The molecule has 446 valence electrons. The van der Waals surface area contributed by atoms with Crippen molar-refractivity contribution in [2.24, 2.45) is 0 Å². The number of carbonyl (C=O) groups excluding carboxylic acids is 2. The Morgan fingerprint density at radius 3 is 0.667 bits per heavy atom. The molecule has 1 heterocycles. The molecule has 0 aromatic rings. The number of hydrazine groups is 1. The molecule has 0 aliphatic carbocycles. The molecule has 7 nitrogen and oxygen atoms in total. The van der Waals surface area contributed by atoms with Crippen molar-refractivity contribution < 1.29 is 9.59 Å². The fourth-order valence-electron chi connectivity index (χ4n) is 11.7. The standard InChI is InChI=1S/C68H137N5O2/c1-6-11-16-21-26-31-36-41-46-51-56-69(57-52-47-42-37-32-27-22-17-12-7-2)65-67(74)70-61-63-71(64-62-70)68(75)66-73(60-55-50-45-40-35-30-25-20-15-10-5)72(58-53-48-43-38-33-28-23-18-13-8-3)59-54-49-44-39-34-29-24-19-14-9-4/h6-66H2,1-5H3. The lowest BCUT2D eigenvalue weighted by atomic mass is 10.1. The van der Waals surface area contributed by atoms with Gasteiger partial charge in [0.1, 0.15) is 0 Å². The summed E-state index contributed by atoms with van der Waals surface area (Å²) in [6.45, 7) is 20.5. The average Bonchev–Trinajstić information content (AvgIpc) is 3.42. The second-order valence-corrected chi connectivity index (χ2v) is 24.3. The first-order chi connectivity index (χ1) is 37.0. The molecular formula is C68H137N5O2. The van der Waals surface area contributed by atoms with Crippen LogP contribution in [0, 0.1) is 0 Å². The third kappa shape index (κ3) is 46.3. The van der Waals surface area contributed by atoms with E-state index >= 15 is 0 Å². The van der Waals surface area contributed by atoms with E-state index in [1.54, 1.807) is 0 Å². The zero-order valence-corrected chi connectivity index (χ0v) is 52.2. The molecule has 7 heteroatoms. The summed E-state index contributed by atoms with van der Waals surface area (Å²) in [6.07, 6.45) is 67.5. The quantitative estimate of drug-likeness (QED) is 0.0449. The molecule has 1 aliphatic heterocycles. The monoisotopic (exact) mass is 1060 g/mol. The normalized spacial score (nSPS) is 13.2. The van der Waals surface area contributed by atoms with Crippen LogP contribution < -0.4 is 0 Å². The predicted octanol–water partition coefficient (Wildman–Crippen LogP) is 20.1. The molecule has 0 unspecified atom stereocenters. The number of hydrogen-bond acceptors (Lipinski definition) is 5. The predicted molar refractivity (Wildman–Crippen MR) is 332 cm³/mol. The van der Waals surface area contributed by atoms with Gasteiger partial charge in [0.2, 0.25) is 11.8 Å². The van der Waals surface area contributed by atoms with E-state index in [0.717, 1.165) is 32.7 Å². The van der Waals surface area contributed by atoms with Crippen LogP contribution in [0.5, 0.6) is 0 Å². The van der Waals surface area contributed by atoms with Gasteiger partial charge in [-0.15, -0.1) is 0 Å². The van der Waals surface area contributed by atoms with E-state index in [0.29, 0.717) is 39.3 Å². The fraction of sp³-hybridized carbons (Fsp3) is 0.971. The van der Waals surface area contributed by atoms with Gasteiger partial charge >= 0.3 is 0 Å². The molecule has 0 aromatic carbocycles. The largest absolute Gasteiger partial charge is 0.338 e. The van der Waals surface area contributed by atoms with Gasteiger partial charge in [-0.2, -0.15) is 0 Å². The molecule has 1 rings (SSSR count). The van der Waals surface area contributed by atoms with E-state index in [4.69, 9.17) is 0 Å². The molecule has 75 heavy (non-hydrogen) atoms. The number of unbranched alkanes of at least 4 members (excludes halogenated alkanes) is 45. The molecule has 0 aromatic heterocycles. The summed E-state index contributed by atoms with van der Waals surface area (Å²) in [5.74, 6) is 0.553. The minimum Gasteiger partial charge on any atom is -0.338 e. The molecule has 0 spiro atoms. The highest BCUT2D eigenvalue weighted by Crippen LogP contribution is 2.19. The second kappa shape index (κ2) is 57.5. The maximum Gasteiger partial charge on any atom is 0.238 e. The van der Waals surface area contributed by atoms with Crippen molar-refractivity contribution in [3.8, 4) is 0 Å². The lowest BCUT2D eigenvalue weighted by molar-refractivity contribution is -0.144. The zero-order chi connectivity index (χ0) is 54.2. The van der Waals surface area contributed by atoms with Crippen molar-refractivity contribution in [2.75, 3.05) is 72.0 Å². The van der Waals surface area contributed by atoms with Crippen molar-refractivity contribution in [1.29, 1.82) is 0 Å². The molecule has 1 fully saturated rings. The Hall–Kier alpha value is -1.18. The van der Waals surface area contributed by atoms with Crippen LogP contribution in [0.4, 0.5) is 0 Å². The highest BCUT2D eigenvalue weighted by atomic mass is 16.2. The van der Waals surface area contributed by atoms with E-state index in [1.807, 2.05) is 0 Å². The Morgan fingerprint density at radius 2 is 0.427 bits per heavy atom. The summed E-state index contributed by atoms with van der Waals surface area (Å²) in [4.78, 5) is 35.2. The Kier molecular flexibility index (Phi) is 55.1. The number of nitrogens with zero attached hydrogens (tertiary/aromatic N) is 5. The Balaban J connectivity index is 2.90. The molecule has 1 saturated heterocycles. The third-order valence-corrected chi connectivity index (χ3v) is 17.0. The first-order valence-electron chi connectivity index (χ1n) is 34.8. The summed E-state index contributed by atoms with van der Waals surface area (Å²) in [5, 5.41) is 5.17. The molecular weight excluding hydrogens is 919 g/mol. The second-order valence-electron chi connectivity index (χ2n) is 24.3. The van der Waals surface area contributed by atoms with Gasteiger partial charge in [0.15, 0.2) is 0 Å². The maximum absolute atomic E-state index is 14.4. The van der Waals surface area contributed by atoms with Gasteiger partial charge in [-0.25, -0.2) is 10.0 Å². The number of carbonyl (C=O) groups is 2. The van der Waals surface area contributed by atoms with Crippen LogP contribution in [0.25, 0.3) is 0 Å². The van der Waals surface area contributed by atoms with Crippen LogP contribution >= 0.6 is 0 Å². The lowest BCUT2D eigenvalue weighted by Gasteiger charge is -2.39. The maximum atomic E-state index is 14.4. The van der Waals surface area contributed by atoms with Crippen molar-refractivity contribution in [1.82, 2.24) is 24.7 Å². The Morgan fingerprint density at radius 1 is 0.240 bits per heavy atom. The lowest BCUT2D eigenvalue weighted by Crippen LogP contribution is -2.56. The van der Waals surface area contributed by atoms with Gasteiger partial charge in [0.25, 0.3) is 0 Å². The average molecular weight is 1060 g/mol. The molecule has 0 radical (unpaired) electrons. The summed E-state index contributed by atoms with van der Waals surface area (Å²) in [6, 6.07) is 0. The topological polar surface area (TPSA) is 50.3 Å². The Bertz CT molecular complexity index is 1110. The van der Waals surface area contributed by atoms with Crippen LogP contribution in [-0.2, 0) is 9.59 Å². The highest BCUT2D eigenvalue weighted by molar-refractivity contribution is 5.80. The molecule has 0 atom stereocenters. The molecule has 0 saturated carbocycles. The SMILES string of the molecule is CCCCCCCCCCCCN(CCCCCCCCCCCC)CC(=O)N1CCN(C(=O)CN(CCCCCCCCCCCC)N(CCCCCCCCCCCC)CCCCCCCCCCCC)CC1. The minimum atomic E-state index is 0.272. The van der Waals surface area contributed by atoms with Gasteiger partial charge in [0.05, 0.1) is 13.1 Å². The number of amides is 2. The van der Waals surface area contributed by atoms with Crippen LogP contribution in [0.15, 0.2) is 0 Å². The zero-order valence-electron chi connectivity index (χ0n) is 52.2. The van der Waals surface area contributed by atoms with Crippen molar-refractivity contribution in [2.45, 2.75) is 356 Å². The van der Waals surface area contributed by atoms with Gasteiger partial charge in [-0.3, -0.25) is 14.5 Å². The van der Waals surface area contributed by atoms with Crippen molar-refractivity contribution in [3.63, 3.8) is 0 Å². The highest BCUT2D eigenvalue weighted by Gasteiger charge is 2.27. The summed E-state index contributed by atoms with van der Waals surface area (Å²) in [7, 11) is 0. The van der Waals surface area contributed by atoms with E-state index in [2.05, 4.69) is 59.3 Å². The first-order valence-corrected chi connectivity index (χ1v) is 34.8.